The number of hydrogen-bond donors (Lipinski definition) is 0. The van der Waals surface area contributed by atoms with Crippen LogP contribution >= 0.6 is 11.3 Å². The summed E-state index contributed by atoms with van der Waals surface area (Å²) in [6.45, 7) is 11.6. The molecule has 4 aliphatic heterocycles. The number of carbonyl (C=O) groups excluding carboxylic acids is 1. The highest BCUT2D eigenvalue weighted by molar-refractivity contribution is 7.19. The quantitative estimate of drug-likeness (QED) is 0.151. The van der Waals surface area contributed by atoms with Crippen LogP contribution in [0.3, 0.4) is 0 Å². The molecule has 5 heterocycles. The Balaban J connectivity index is 1.18. The third kappa shape index (κ3) is 4.66. The summed E-state index contributed by atoms with van der Waals surface area (Å²) in [7, 11) is 0. The molecule has 0 saturated heterocycles. The summed E-state index contributed by atoms with van der Waals surface area (Å²) < 4.78 is 16.2. The predicted molar refractivity (Wildman–Crippen MR) is 181 cm³/mol. The molecule has 45 heavy (non-hydrogen) atoms. The third-order valence-electron chi connectivity index (χ3n) is 11.1. The van der Waals surface area contributed by atoms with Gasteiger partial charge in [0, 0.05) is 35.8 Å². The lowest BCUT2D eigenvalue weighted by molar-refractivity contribution is -0.688. The van der Waals surface area contributed by atoms with E-state index in [1.807, 2.05) is 18.3 Å². The van der Waals surface area contributed by atoms with E-state index in [9.17, 15) is 4.79 Å². The second-order valence-corrected chi connectivity index (χ2v) is 15.6. The number of allylic oxidation sites excluding steroid dienone is 3. The molecule has 0 saturated carbocycles. The molecule has 3 aromatic rings. The number of rotatable bonds is 7. The van der Waals surface area contributed by atoms with Crippen molar-refractivity contribution in [1.82, 2.24) is 0 Å². The van der Waals surface area contributed by atoms with Gasteiger partial charge >= 0.3 is 5.97 Å². The van der Waals surface area contributed by atoms with E-state index in [1.165, 1.54) is 48.9 Å². The molecule has 1 unspecified atom stereocenters. The van der Waals surface area contributed by atoms with Crippen molar-refractivity contribution in [2.24, 2.45) is 11.3 Å². The van der Waals surface area contributed by atoms with Gasteiger partial charge in [-0.3, -0.25) is 4.79 Å². The molecule has 0 radical (unpaired) electrons. The van der Waals surface area contributed by atoms with Gasteiger partial charge in [-0.2, -0.15) is 4.57 Å². The van der Waals surface area contributed by atoms with Crippen LogP contribution in [0.2, 0.25) is 0 Å². The summed E-state index contributed by atoms with van der Waals surface area (Å²) in [5.41, 5.74) is 9.87. The van der Waals surface area contributed by atoms with E-state index in [0.29, 0.717) is 18.9 Å². The minimum absolute atomic E-state index is 0.0138. The number of ether oxygens (including phenoxy) is 2. The van der Waals surface area contributed by atoms with E-state index in [1.54, 1.807) is 0 Å². The Hall–Kier alpha value is -3.22. The molecular weight excluding hydrogens is 577 g/mol. The Morgan fingerprint density at radius 1 is 1.07 bits per heavy atom. The molecule has 234 valence electrons. The van der Waals surface area contributed by atoms with E-state index in [-0.39, 0.29) is 29.0 Å². The molecule has 0 N–H and O–H groups in total. The first-order chi connectivity index (χ1) is 21.8. The molecular formula is C39H45N2O3S+. The maximum atomic E-state index is 11.9. The smallest absolute Gasteiger partial charge is 0.305 e. The molecule has 0 spiro atoms. The molecule has 8 rings (SSSR count). The number of fused-ring (bicyclic) bond motifs is 10. The molecule has 2 aromatic carbocycles. The summed E-state index contributed by atoms with van der Waals surface area (Å²) in [5.74, 6) is 0.441. The Kier molecular flexibility index (Phi) is 7.10. The molecule has 0 fully saturated rings. The van der Waals surface area contributed by atoms with Gasteiger partial charge in [0.1, 0.15) is 10.8 Å². The standard InChI is InChI=1S/C39H45N2O3S/c1-5-43-34(42)17-7-6-12-19-39(4)29-13-8-9-14-30(29)40-20-18-25-23-32-26(21-27(25)35(39)40)22-28-36(44-32)38(2,3)24-41-31-15-10-11-16-33(31)45-37(28)41/h8-11,13-16,21-22,25,32,36H,5-7,12,17-20,23-24H2,1-4H3/q+1/t25-,32+,36+,39?/m0/s1. The topological polar surface area (TPSA) is 42.6 Å². The van der Waals surface area contributed by atoms with E-state index < -0.39 is 0 Å². The zero-order valence-corrected chi connectivity index (χ0v) is 27.9. The van der Waals surface area contributed by atoms with Crippen molar-refractivity contribution in [1.29, 1.82) is 0 Å². The van der Waals surface area contributed by atoms with Gasteiger partial charge in [-0.05, 0) is 80.4 Å². The minimum atomic E-state index is -0.0712. The van der Waals surface area contributed by atoms with Gasteiger partial charge in [0.2, 0.25) is 5.52 Å². The highest BCUT2D eigenvalue weighted by atomic mass is 32.1. The number of benzene rings is 2. The van der Waals surface area contributed by atoms with Gasteiger partial charge < -0.3 is 14.4 Å². The van der Waals surface area contributed by atoms with Crippen molar-refractivity contribution >= 4 is 38.8 Å². The predicted octanol–water partition coefficient (Wildman–Crippen LogP) is 8.28. The second-order valence-electron chi connectivity index (χ2n) is 14.6. The summed E-state index contributed by atoms with van der Waals surface area (Å²) in [6.07, 6.45) is 12.1. The van der Waals surface area contributed by atoms with Crippen LogP contribution in [0, 0.1) is 11.3 Å². The summed E-state index contributed by atoms with van der Waals surface area (Å²) in [4.78, 5) is 14.6. The number of aromatic nitrogens is 1. The fraction of sp³-hybridized carbons (Fsp3) is 0.487. The third-order valence-corrected chi connectivity index (χ3v) is 12.3. The van der Waals surface area contributed by atoms with Crippen molar-refractivity contribution in [3.63, 3.8) is 0 Å². The summed E-state index contributed by atoms with van der Waals surface area (Å²) in [5, 5.41) is 1.35. The van der Waals surface area contributed by atoms with E-state index in [4.69, 9.17) is 9.47 Å². The molecule has 0 amide bonds. The lowest BCUT2D eigenvalue weighted by Gasteiger charge is -2.46. The minimum Gasteiger partial charge on any atom is -0.466 e. The van der Waals surface area contributed by atoms with Gasteiger partial charge in [-0.25, -0.2) is 0 Å². The average molecular weight is 622 g/mol. The first-order valence-corrected chi connectivity index (χ1v) is 17.9. The van der Waals surface area contributed by atoms with Gasteiger partial charge in [0.25, 0.3) is 5.01 Å². The monoisotopic (exact) mass is 621 g/mol. The van der Waals surface area contributed by atoms with Gasteiger partial charge in [0.15, 0.2) is 6.54 Å². The first kappa shape index (κ1) is 29.2. The summed E-state index contributed by atoms with van der Waals surface area (Å²) >= 11 is 1.91. The lowest BCUT2D eigenvalue weighted by atomic mass is 9.69. The van der Waals surface area contributed by atoms with E-state index in [0.717, 1.165) is 51.6 Å². The van der Waals surface area contributed by atoms with Crippen molar-refractivity contribution in [3.8, 4) is 0 Å². The Bertz CT molecular complexity index is 1780. The lowest BCUT2D eigenvalue weighted by Crippen LogP contribution is -2.56. The van der Waals surface area contributed by atoms with Crippen LogP contribution in [0.25, 0.3) is 15.8 Å². The zero-order chi connectivity index (χ0) is 30.9. The van der Waals surface area contributed by atoms with Crippen LogP contribution in [-0.4, -0.2) is 31.3 Å². The fourth-order valence-corrected chi connectivity index (χ4v) is 10.2. The summed E-state index contributed by atoms with van der Waals surface area (Å²) in [6, 6.07) is 17.9. The molecule has 1 aliphatic carbocycles. The Labute approximate surface area is 271 Å². The number of hydrogen-bond acceptors (Lipinski definition) is 5. The van der Waals surface area contributed by atoms with Crippen LogP contribution in [0.4, 0.5) is 5.69 Å². The highest BCUT2D eigenvalue weighted by Crippen LogP contribution is 2.57. The number of unbranched alkanes of at least 4 members (excludes halogenated alkanes) is 2. The fourth-order valence-electron chi connectivity index (χ4n) is 9.01. The van der Waals surface area contributed by atoms with Crippen LogP contribution in [-0.2, 0) is 26.2 Å². The second kappa shape index (κ2) is 10.9. The van der Waals surface area contributed by atoms with Crippen LogP contribution in [0.5, 0.6) is 0 Å². The van der Waals surface area contributed by atoms with Crippen molar-refractivity contribution in [2.75, 3.05) is 18.1 Å². The number of anilines is 1. The highest BCUT2D eigenvalue weighted by Gasteiger charge is 2.52. The number of nitrogens with zero attached hydrogens (tertiary/aromatic N) is 2. The molecule has 5 aliphatic rings. The number of thiazole rings is 1. The van der Waals surface area contributed by atoms with E-state index >= 15 is 0 Å². The zero-order valence-electron chi connectivity index (χ0n) is 27.1. The van der Waals surface area contributed by atoms with Crippen molar-refractivity contribution in [3.05, 3.63) is 88.1 Å². The number of para-hydroxylation sites is 2. The molecule has 5 nitrogen and oxygen atoms in total. The van der Waals surface area contributed by atoms with Crippen LogP contribution in [0.1, 0.15) is 83.2 Å². The molecule has 6 heteroatoms. The van der Waals surface area contributed by atoms with Gasteiger partial charge in [0.05, 0.1) is 23.7 Å². The Morgan fingerprint density at radius 2 is 1.89 bits per heavy atom. The Morgan fingerprint density at radius 3 is 2.76 bits per heavy atom. The van der Waals surface area contributed by atoms with Gasteiger partial charge in [-0.1, -0.05) is 74.4 Å². The van der Waals surface area contributed by atoms with E-state index in [2.05, 4.69) is 90.9 Å². The SMILES string of the molecule is CCOC(=O)CCCCCC1(C)C2=C3C=C4C=C5c6sc7ccccc7[n+]6CC(C)(C)[C@@H]5O[C@@H]4C[C@@H]3CCN2c2ccccc21. The van der Waals surface area contributed by atoms with Crippen LogP contribution in [0.15, 0.2) is 77.5 Å². The maximum Gasteiger partial charge on any atom is 0.305 e. The first-order valence-electron chi connectivity index (χ1n) is 17.1. The van der Waals surface area contributed by atoms with Crippen molar-refractivity contribution < 1.29 is 18.8 Å². The number of esters is 1. The van der Waals surface area contributed by atoms with Crippen molar-refractivity contribution in [2.45, 2.75) is 96.8 Å². The maximum absolute atomic E-state index is 11.9. The molecule has 0 bridgehead atoms. The van der Waals surface area contributed by atoms with Gasteiger partial charge in [-0.15, -0.1) is 0 Å². The largest absolute Gasteiger partial charge is 0.466 e. The molecule has 4 atom stereocenters. The molecule has 1 aromatic heterocycles. The normalized spacial score (nSPS) is 27.5. The number of carbonyl (C=O) groups is 1. The van der Waals surface area contributed by atoms with Crippen LogP contribution < -0.4 is 9.47 Å². The average Bonchev–Trinajstić information content (AvgIpc) is 3.52.